The van der Waals surface area contributed by atoms with Crippen LogP contribution in [0.2, 0.25) is 0 Å². The maximum atomic E-state index is 10.9. The third-order valence-corrected chi connectivity index (χ3v) is 2.83. The van der Waals surface area contributed by atoms with Crippen molar-refractivity contribution >= 4 is 16.5 Å². The van der Waals surface area contributed by atoms with E-state index in [2.05, 4.69) is 20.5 Å². The zero-order valence-electron chi connectivity index (χ0n) is 9.27. The van der Waals surface area contributed by atoms with Gasteiger partial charge in [-0.15, -0.1) is 11.3 Å². The van der Waals surface area contributed by atoms with Crippen LogP contribution in [-0.2, 0) is 4.74 Å². The van der Waals surface area contributed by atoms with Crippen molar-refractivity contribution in [2.75, 3.05) is 25.6 Å². The second-order valence-corrected chi connectivity index (χ2v) is 4.12. The summed E-state index contributed by atoms with van der Waals surface area (Å²) in [6, 6.07) is 3.08. The van der Waals surface area contributed by atoms with Crippen LogP contribution in [0.4, 0.5) is 5.13 Å². The maximum absolute atomic E-state index is 10.9. The molecule has 0 radical (unpaired) electrons. The monoisotopic (exact) mass is 252 g/mol. The van der Waals surface area contributed by atoms with Gasteiger partial charge in [0.15, 0.2) is 5.13 Å². The second kappa shape index (κ2) is 5.55. The van der Waals surface area contributed by atoms with Crippen LogP contribution in [0.1, 0.15) is 0 Å². The Morgan fingerprint density at radius 3 is 3.06 bits per heavy atom. The highest BCUT2D eigenvalue weighted by molar-refractivity contribution is 7.14. The summed E-state index contributed by atoms with van der Waals surface area (Å²) in [5.41, 5.74) is 1.18. The Morgan fingerprint density at radius 2 is 2.35 bits per heavy atom. The minimum Gasteiger partial charge on any atom is -0.383 e. The van der Waals surface area contributed by atoms with Crippen molar-refractivity contribution in [2.24, 2.45) is 0 Å². The first-order valence-corrected chi connectivity index (χ1v) is 5.92. The van der Waals surface area contributed by atoms with Crippen LogP contribution in [0.3, 0.4) is 0 Å². The van der Waals surface area contributed by atoms with E-state index in [-0.39, 0.29) is 5.56 Å². The molecule has 0 aliphatic rings. The van der Waals surface area contributed by atoms with Crippen molar-refractivity contribution < 1.29 is 4.74 Å². The minimum absolute atomic E-state index is 0.220. The third-order valence-electron chi connectivity index (χ3n) is 2.03. The molecule has 0 unspecified atom stereocenters. The van der Waals surface area contributed by atoms with Gasteiger partial charge in [-0.2, -0.15) is 5.10 Å². The van der Waals surface area contributed by atoms with Gasteiger partial charge in [0.25, 0.3) is 5.56 Å². The molecule has 0 saturated heterocycles. The molecule has 0 bridgehead atoms. The molecule has 2 aromatic rings. The Bertz CT molecular complexity index is 517. The van der Waals surface area contributed by atoms with E-state index >= 15 is 0 Å². The molecule has 2 aromatic heterocycles. The lowest BCUT2D eigenvalue weighted by atomic mass is 10.3. The van der Waals surface area contributed by atoms with Gasteiger partial charge in [-0.25, -0.2) is 10.1 Å². The van der Waals surface area contributed by atoms with Crippen LogP contribution >= 0.6 is 11.3 Å². The fraction of sp³-hybridized carbons (Fsp3) is 0.300. The molecule has 2 heterocycles. The third kappa shape index (κ3) is 3.11. The Labute approximate surface area is 102 Å². The van der Waals surface area contributed by atoms with Gasteiger partial charge in [-0.1, -0.05) is 0 Å². The lowest BCUT2D eigenvalue weighted by molar-refractivity contribution is 0.211. The predicted octanol–water partition coefficient (Wildman–Crippen LogP) is 0.952. The number of methoxy groups -OCH3 is 1. The van der Waals surface area contributed by atoms with Crippen molar-refractivity contribution in [2.45, 2.75) is 0 Å². The van der Waals surface area contributed by atoms with Gasteiger partial charge in [0.2, 0.25) is 0 Å². The topological polar surface area (TPSA) is 79.9 Å². The van der Waals surface area contributed by atoms with Gasteiger partial charge in [0.05, 0.1) is 6.61 Å². The minimum atomic E-state index is -0.220. The number of nitrogens with one attached hydrogen (secondary N) is 2. The lowest BCUT2D eigenvalue weighted by Gasteiger charge is -1.99. The first-order chi connectivity index (χ1) is 8.29. The molecule has 0 atom stereocenters. The maximum Gasteiger partial charge on any atom is 0.264 e. The summed E-state index contributed by atoms with van der Waals surface area (Å²) < 4.78 is 4.93. The van der Waals surface area contributed by atoms with Gasteiger partial charge < -0.3 is 10.1 Å². The SMILES string of the molecule is COCCNc1nc(-c2ccc(=O)[nH]n2)cs1. The summed E-state index contributed by atoms with van der Waals surface area (Å²) >= 11 is 1.49. The first-order valence-electron chi connectivity index (χ1n) is 5.04. The second-order valence-electron chi connectivity index (χ2n) is 3.26. The Morgan fingerprint density at radius 1 is 1.47 bits per heavy atom. The standard InChI is InChI=1S/C10H12N4O2S/c1-16-5-4-11-10-12-8(6-17-10)7-2-3-9(15)14-13-7/h2-3,6H,4-5H2,1H3,(H,11,12)(H,14,15). The zero-order valence-corrected chi connectivity index (χ0v) is 10.1. The summed E-state index contributed by atoms with van der Waals surface area (Å²) in [6.45, 7) is 1.34. The summed E-state index contributed by atoms with van der Waals surface area (Å²) in [6.07, 6.45) is 0. The summed E-state index contributed by atoms with van der Waals surface area (Å²) in [7, 11) is 1.65. The van der Waals surface area contributed by atoms with Crippen molar-refractivity contribution in [3.8, 4) is 11.4 Å². The number of H-pyrrole nitrogens is 1. The molecule has 2 rings (SSSR count). The molecule has 7 heteroatoms. The van der Waals surface area contributed by atoms with Crippen LogP contribution in [0.25, 0.3) is 11.4 Å². The Balaban J connectivity index is 2.07. The molecular formula is C10H12N4O2S. The summed E-state index contributed by atoms with van der Waals surface area (Å²) in [4.78, 5) is 15.2. The molecule has 17 heavy (non-hydrogen) atoms. The highest BCUT2D eigenvalue weighted by atomic mass is 32.1. The fourth-order valence-electron chi connectivity index (χ4n) is 1.22. The van der Waals surface area contributed by atoms with E-state index in [1.165, 1.54) is 17.4 Å². The van der Waals surface area contributed by atoms with Crippen LogP contribution in [0, 0.1) is 0 Å². The molecule has 0 aromatic carbocycles. The first kappa shape index (κ1) is 11.7. The van der Waals surface area contributed by atoms with Crippen molar-refractivity contribution in [1.29, 1.82) is 0 Å². The smallest absolute Gasteiger partial charge is 0.264 e. The molecule has 0 aliphatic heterocycles. The van der Waals surface area contributed by atoms with E-state index in [9.17, 15) is 4.79 Å². The van der Waals surface area contributed by atoms with Gasteiger partial charge >= 0.3 is 0 Å². The largest absolute Gasteiger partial charge is 0.383 e. The molecule has 0 fully saturated rings. The van der Waals surface area contributed by atoms with Crippen molar-refractivity contribution in [3.05, 3.63) is 27.9 Å². The van der Waals surface area contributed by atoms with E-state index < -0.39 is 0 Å². The molecule has 2 N–H and O–H groups in total. The number of ether oxygens (including phenoxy) is 1. The van der Waals surface area contributed by atoms with E-state index in [0.717, 1.165) is 10.8 Å². The summed E-state index contributed by atoms with van der Waals surface area (Å²) in [5, 5.41) is 12.1. The van der Waals surface area contributed by atoms with E-state index in [4.69, 9.17) is 4.74 Å². The number of hydrogen-bond donors (Lipinski definition) is 2. The van der Waals surface area contributed by atoms with Crippen LogP contribution in [0.15, 0.2) is 22.3 Å². The average molecular weight is 252 g/mol. The van der Waals surface area contributed by atoms with Crippen LogP contribution < -0.4 is 10.9 Å². The van der Waals surface area contributed by atoms with E-state index in [1.807, 2.05) is 5.38 Å². The van der Waals surface area contributed by atoms with E-state index in [1.54, 1.807) is 13.2 Å². The molecule has 6 nitrogen and oxygen atoms in total. The lowest BCUT2D eigenvalue weighted by Crippen LogP contribution is -2.07. The predicted molar refractivity (Wildman–Crippen MR) is 66.3 cm³/mol. The van der Waals surface area contributed by atoms with Crippen molar-refractivity contribution in [3.63, 3.8) is 0 Å². The average Bonchev–Trinajstić information content (AvgIpc) is 2.79. The molecule has 90 valence electrons. The Hall–Kier alpha value is -1.73. The fourth-order valence-corrected chi connectivity index (χ4v) is 1.95. The van der Waals surface area contributed by atoms with Crippen molar-refractivity contribution in [1.82, 2.24) is 15.2 Å². The van der Waals surface area contributed by atoms with Gasteiger partial charge in [0.1, 0.15) is 11.4 Å². The van der Waals surface area contributed by atoms with Gasteiger partial charge in [-0.3, -0.25) is 4.79 Å². The molecule has 0 aliphatic carbocycles. The number of nitrogens with zero attached hydrogens (tertiary/aromatic N) is 2. The number of rotatable bonds is 5. The van der Waals surface area contributed by atoms with E-state index in [0.29, 0.717) is 18.8 Å². The van der Waals surface area contributed by atoms with Crippen LogP contribution in [-0.4, -0.2) is 35.4 Å². The quantitative estimate of drug-likeness (QED) is 0.774. The van der Waals surface area contributed by atoms with Gasteiger partial charge in [0, 0.05) is 25.1 Å². The zero-order chi connectivity index (χ0) is 12.1. The molecule has 0 amide bonds. The van der Waals surface area contributed by atoms with Crippen LogP contribution in [0.5, 0.6) is 0 Å². The number of hydrogen-bond acceptors (Lipinski definition) is 6. The van der Waals surface area contributed by atoms with Gasteiger partial charge in [-0.05, 0) is 6.07 Å². The number of anilines is 1. The number of thiazole rings is 1. The summed E-state index contributed by atoms with van der Waals surface area (Å²) in [5.74, 6) is 0. The number of aromatic amines is 1. The normalized spacial score (nSPS) is 10.4. The highest BCUT2D eigenvalue weighted by Gasteiger charge is 2.05. The molecule has 0 saturated carbocycles. The molecule has 0 spiro atoms. The molecular weight excluding hydrogens is 240 g/mol. The highest BCUT2D eigenvalue weighted by Crippen LogP contribution is 2.22. The Kier molecular flexibility index (Phi) is 3.84. The number of aromatic nitrogens is 3.